The highest BCUT2D eigenvalue weighted by Crippen LogP contribution is 2.35. The Labute approximate surface area is 261 Å². The van der Waals surface area contributed by atoms with Gasteiger partial charge in [0.25, 0.3) is 0 Å². The number of ether oxygens (including phenoxy) is 1. The number of aromatic nitrogens is 3. The number of thioether (sulfide) groups is 1. The third-order valence-electron chi connectivity index (χ3n) is 6.67. The second-order valence-corrected chi connectivity index (χ2v) is 12.1. The molecular formula is C29H24F4N6O4S2. The number of halogens is 4. The number of hydrogen-bond donors (Lipinski definition) is 1. The van der Waals surface area contributed by atoms with E-state index in [1.54, 1.807) is 13.2 Å². The number of methoxy groups -OCH3 is 1. The van der Waals surface area contributed by atoms with Crippen molar-refractivity contribution in [1.82, 2.24) is 14.8 Å². The van der Waals surface area contributed by atoms with Gasteiger partial charge in [0, 0.05) is 18.2 Å². The van der Waals surface area contributed by atoms with Crippen molar-refractivity contribution >= 4 is 51.4 Å². The predicted molar refractivity (Wildman–Crippen MR) is 162 cm³/mol. The number of rotatable bonds is 7. The molecule has 1 aliphatic rings. The number of nitrogens with one attached hydrogen (secondary N) is 1. The monoisotopic (exact) mass is 660 g/mol. The lowest BCUT2D eigenvalue weighted by molar-refractivity contribution is -0.115. The molecule has 1 N–H and O–H groups in total. The van der Waals surface area contributed by atoms with Gasteiger partial charge in [-0.25, -0.2) is 18.9 Å². The van der Waals surface area contributed by atoms with Crippen molar-refractivity contribution < 1.29 is 36.4 Å². The Morgan fingerprint density at radius 3 is 2.56 bits per heavy atom. The van der Waals surface area contributed by atoms with Crippen LogP contribution in [-0.2, 0) is 20.7 Å². The molecule has 0 saturated carbocycles. The fourth-order valence-corrected chi connectivity index (χ4v) is 5.87. The molecule has 4 aromatic rings. The van der Waals surface area contributed by atoms with Gasteiger partial charge < -0.3 is 14.6 Å². The maximum absolute atomic E-state index is 15.1. The standard InChI is InChI=1S/C29H24F4N6O4S2/c1-16-4-10-21(17(2)43-3)24(12-16)39-25(40)14-44-28(39)36-27(41)35-23-11-5-18(13-22(23)30)26-34-15-38(37-26)19-6-8-20(9-7-19)45(42)29(31,32)33/h4-13,15,17H,14H2,1-3H3,(H,35,41)/b36-28-. The van der Waals surface area contributed by atoms with Crippen molar-refractivity contribution in [3.05, 3.63) is 83.9 Å². The molecule has 1 aromatic heterocycles. The average molecular weight is 661 g/mol. The number of aryl methyl sites for hydroxylation is 1. The first kappa shape index (κ1) is 32.2. The quantitative estimate of drug-likeness (QED) is 0.180. The number of benzene rings is 3. The minimum atomic E-state index is -4.88. The number of anilines is 2. The van der Waals surface area contributed by atoms with Crippen LogP contribution in [0.1, 0.15) is 24.2 Å². The van der Waals surface area contributed by atoms with Gasteiger partial charge in [-0.2, -0.15) is 4.99 Å². The van der Waals surface area contributed by atoms with Crippen LogP contribution < -0.4 is 10.2 Å². The van der Waals surface area contributed by atoms with E-state index in [9.17, 15) is 27.3 Å². The van der Waals surface area contributed by atoms with Crippen LogP contribution in [0.4, 0.5) is 33.7 Å². The second kappa shape index (κ2) is 13.0. The molecule has 0 bridgehead atoms. The topological polar surface area (TPSA) is 125 Å². The Hall–Kier alpha value is -4.25. The van der Waals surface area contributed by atoms with Gasteiger partial charge in [0.15, 0.2) is 15.9 Å². The molecule has 3 aromatic carbocycles. The zero-order valence-corrected chi connectivity index (χ0v) is 25.5. The summed E-state index contributed by atoms with van der Waals surface area (Å²) in [5.74, 6) is -0.902. The molecule has 234 valence electrons. The fourth-order valence-electron chi connectivity index (χ4n) is 4.36. The molecule has 2 unspecified atom stereocenters. The number of nitrogens with zero attached hydrogens (tertiary/aromatic N) is 5. The van der Waals surface area contributed by atoms with Crippen LogP contribution in [-0.4, -0.2) is 54.8 Å². The van der Waals surface area contributed by atoms with E-state index in [1.807, 2.05) is 26.0 Å². The normalized spacial score (nSPS) is 15.9. The van der Waals surface area contributed by atoms with Crippen LogP contribution in [0.15, 0.2) is 76.9 Å². The molecule has 2 atom stereocenters. The highest BCUT2D eigenvalue weighted by molar-refractivity contribution is 8.15. The third-order valence-corrected chi connectivity index (χ3v) is 8.71. The summed E-state index contributed by atoms with van der Waals surface area (Å²) in [6.07, 6.45) is 0.951. The van der Waals surface area contributed by atoms with Gasteiger partial charge in [-0.3, -0.25) is 9.69 Å². The number of amidine groups is 1. The molecule has 1 aliphatic heterocycles. The van der Waals surface area contributed by atoms with Crippen molar-refractivity contribution in [2.75, 3.05) is 23.1 Å². The summed E-state index contributed by atoms with van der Waals surface area (Å²) in [6, 6.07) is 13.3. The van der Waals surface area contributed by atoms with Crippen molar-refractivity contribution in [2.24, 2.45) is 4.99 Å². The molecule has 0 radical (unpaired) electrons. The molecule has 0 aliphatic carbocycles. The SMILES string of the molecule is COC(C)c1ccc(C)cc1N1C(=O)CS/C1=N\C(=O)Nc1ccc(-c2ncn(-c3ccc([S+]([O-])C(F)(F)F)cc3)n2)cc1F. The molecule has 10 nitrogen and oxygen atoms in total. The molecule has 45 heavy (non-hydrogen) atoms. The summed E-state index contributed by atoms with van der Waals surface area (Å²) >= 11 is -2.08. The highest BCUT2D eigenvalue weighted by atomic mass is 32.2. The molecule has 3 amide bonds. The summed E-state index contributed by atoms with van der Waals surface area (Å²) in [5.41, 5.74) is -2.29. The summed E-state index contributed by atoms with van der Waals surface area (Å²) in [7, 11) is 1.55. The Bertz CT molecular complexity index is 1780. The van der Waals surface area contributed by atoms with E-state index in [1.165, 1.54) is 40.2 Å². The summed E-state index contributed by atoms with van der Waals surface area (Å²) in [5, 5.41) is 6.76. The maximum Gasteiger partial charge on any atom is 0.578 e. The lowest BCUT2D eigenvalue weighted by atomic mass is 10.0. The molecule has 5 rings (SSSR count). The lowest BCUT2D eigenvalue weighted by Crippen LogP contribution is -2.31. The maximum atomic E-state index is 15.1. The van der Waals surface area contributed by atoms with Crippen LogP contribution in [0.2, 0.25) is 0 Å². The van der Waals surface area contributed by atoms with Gasteiger partial charge in [0.2, 0.25) is 5.91 Å². The minimum absolute atomic E-state index is 0.0702. The summed E-state index contributed by atoms with van der Waals surface area (Å²) < 4.78 is 71.4. The first-order chi connectivity index (χ1) is 21.3. The lowest BCUT2D eigenvalue weighted by Gasteiger charge is -2.23. The van der Waals surface area contributed by atoms with Gasteiger partial charge in [0.05, 0.1) is 40.1 Å². The van der Waals surface area contributed by atoms with Gasteiger partial charge in [0.1, 0.15) is 12.1 Å². The molecular weight excluding hydrogens is 636 g/mol. The zero-order chi connectivity index (χ0) is 32.5. The summed E-state index contributed by atoms with van der Waals surface area (Å²) in [4.78, 5) is 34.8. The Kier molecular flexibility index (Phi) is 9.29. The number of urea groups is 1. The predicted octanol–water partition coefficient (Wildman–Crippen LogP) is 6.38. The average Bonchev–Trinajstić information content (AvgIpc) is 3.64. The zero-order valence-electron chi connectivity index (χ0n) is 23.8. The van der Waals surface area contributed by atoms with Crippen LogP contribution >= 0.6 is 11.8 Å². The number of hydrogen-bond acceptors (Lipinski definition) is 7. The molecule has 1 fully saturated rings. The second-order valence-electron chi connectivity index (χ2n) is 9.70. The number of amides is 3. The number of carbonyl (C=O) groups excluding carboxylic acids is 2. The van der Waals surface area contributed by atoms with Gasteiger partial charge in [-0.05, 0) is 67.9 Å². The van der Waals surface area contributed by atoms with E-state index in [0.29, 0.717) is 11.4 Å². The molecule has 0 spiro atoms. The van der Waals surface area contributed by atoms with Crippen molar-refractivity contribution in [2.45, 2.75) is 30.4 Å². The van der Waals surface area contributed by atoms with E-state index in [0.717, 1.165) is 41.1 Å². The minimum Gasteiger partial charge on any atom is -0.604 e. The Balaban J connectivity index is 1.31. The van der Waals surface area contributed by atoms with Crippen LogP contribution in [0.5, 0.6) is 0 Å². The van der Waals surface area contributed by atoms with Gasteiger partial charge in [-0.1, -0.05) is 23.9 Å². The highest BCUT2D eigenvalue weighted by Gasteiger charge is 2.46. The van der Waals surface area contributed by atoms with E-state index in [2.05, 4.69) is 20.4 Å². The van der Waals surface area contributed by atoms with E-state index in [-0.39, 0.29) is 40.0 Å². The van der Waals surface area contributed by atoms with Crippen LogP contribution in [0, 0.1) is 12.7 Å². The van der Waals surface area contributed by atoms with Crippen molar-refractivity contribution in [3.63, 3.8) is 0 Å². The van der Waals surface area contributed by atoms with E-state index < -0.39 is 33.4 Å². The number of alkyl halides is 3. The number of carbonyl (C=O) groups is 2. The van der Waals surface area contributed by atoms with Crippen LogP contribution in [0.25, 0.3) is 17.1 Å². The van der Waals surface area contributed by atoms with Crippen LogP contribution in [0.3, 0.4) is 0 Å². The Morgan fingerprint density at radius 2 is 1.89 bits per heavy atom. The third kappa shape index (κ3) is 7.03. The molecule has 16 heteroatoms. The first-order valence-corrected chi connectivity index (χ1v) is 15.3. The van der Waals surface area contributed by atoms with Crippen molar-refractivity contribution in [1.29, 1.82) is 0 Å². The Morgan fingerprint density at radius 1 is 1.16 bits per heavy atom. The van der Waals surface area contributed by atoms with Gasteiger partial charge >= 0.3 is 11.5 Å². The van der Waals surface area contributed by atoms with E-state index >= 15 is 4.39 Å². The fraction of sp³-hybridized carbons (Fsp3) is 0.207. The summed E-state index contributed by atoms with van der Waals surface area (Å²) in [6.45, 7) is 3.71. The smallest absolute Gasteiger partial charge is 0.578 e. The molecule has 1 saturated heterocycles. The first-order valence-electron chi connectivity index (χ1n) is 13.1. The number of aliphatic imine (C=N–C) groups is 1. The van der Waals surface area contributed by atoms with Gasteiger partial charge in [-0.15, -0.1) is 18.3 Å². The van der Waals surface area contributed by atoms with E-state index in [4.69, 9.17) is 4.74 Å². The van der Waals surface area contributed by atoms with Crippen molar-refractivity contribution in [3.8, 4) is 17.1 Å². The molecule has 2 heterocycles. The largest absolute Gasteiger partial charge is 0.604 e.